The number of benzene rings is 1. The highest BCUT2D eigenvalue weighted by Gasteiger charge is 2.89. The first-order chi connectivity index (χ1) is 22.1. The fourth-order valence-corrected chi connectivity index (χ4v) is 12.4. The Morgan fingerprint density at radius 2 is 1.70 bits per heavy atom. The molecule has 0 unspecified atom stereocenters. The molecule has 7 bridgehead atoms. The number of aliphatic hydroxyl groups is 1. The molecule has 0 amide bonds. The molecule has 1 saturated heterocycles. The second-order valence-corrected chi connectivity index (χ2v) is 14.6. The Hall–Kier alpha value is -2.28. The number of esters is 2. The molecule has 13 atom stereocenters. The molecule has 5 aliphatic carbocycles. The molecule has 11 nitrogen and oxygen atoms in total. The molecule has 7 rings (SSSR count). The monoisotopic (exact) mass is 643 g/mol. The molecule has 5 saturated carbocycles. The molecular formula is C35H49NO10. The maximum Gasteiger partial charge on any atom is 0.338 e. The van der Waals surface area contributed by atoms with E-state index in [1.165, 1.54) is 6.92 Å². The van der Waals surface area contributed by atoms with Gasteiger partial charge in [0.2, 0.25) is 0 Å². The SMILES string of the molecule is CCN1C[C@]2(COC)CC[C@H](OC)[C@@]34[C@@H]5C[C@]6(O)[C@@H](OC)C[C@@](OC(C)=O)([C@H]5[C@H]6OC(=O)c5ccc(OC)cc5)[C@@H]([C@H](OC)[C@H]23)[C@H]14. The van der Waals surface area contributed by atoms with E-state index in [0.29, 0.717) is 24.3 Å². The van der Waals surface area contributed by atoms with E-state index in [2.05, 4.69) is 11.8 Å². The standard InChI is InChI=1S/C35H49NO10/c1-8-36-17-32(18-40-3)14-13-23(42-5)35-22-15-33(39)24(43-6)16-34(46-19(2)37,26(29(35)36)27(44-7)28(32)35)25(22)30(33)45-31(38)20-9-11-21(41-4)12-10-20/h9-12,22-30,39H,8,13-18H2,1-7H3/t22-,23+,24+,25-,26+,27+,28-,29+,30-,32+,33+,34-,35+/m1/s1. The van der Waals surface area contributed by atoms with Gasteiger partial charge in [-0.25, -0.2) is 4.79 Å². The van der Waals surface area contributed by atoms with E-state index in [-0.39, 0.29) is 47.8 Å². The third kappa shape index (κ3) is 3.87. The summed E-state index contributed by atoms with van der Waals surface area (Å²) >= 11 is 0. The van der Waals surface area contributed by atoms with Crippen molar-refractivity contribution in [2.45, 2.75) is 81.2 Å². The number of nitrogens with zero attached hydrogens (tertiary/aromatic N) is 1. The van der Waals surface area contributed by atoms with E-state index < -0.39 is 46.7 Å². The normalized spacial score (nSPS) is 46.6. The van der Waals surface area contributed by atoms with Crippen LogP contribution in [-0.4, -0.2) is 119 Å². The number of ether oxygens (including phenoxy) is 7. The Bertz CT molecular complexity index is 1360. The second-order valence-electron chi connectivity index (χ2n) is 14.6. The number of carbonyl (C=O) groups excluding carboxylic acids is 2. The minimum atomic E-state index is -1.51. The summed E-state index contributed by atoms with van der Waals surface area (Å²) in [6, 6.07) is 6.66. The molecule has 1 heterocycles. The first-order valence-corrected chi connectivity index (χ1v) is 16.6. The molecule has 6 fully saturated rings. The van der Waals surface area contributed by atoms with E-state index in [9.17, 15) is 14.7 Å². The van der Waals surface area contributed by atoms with Crippen molar-refractivity contribution < 1.29 is 47.9 Å². The van der Waals surface area contributed by atoms with Crippen LogP contribution >= 0.6 is 0 Å². The van der Waals surface area contributed by atoms with E-state index in [4.69, 9.17) is 33.2 Å². The van der Waals surface area contributed by atoms with Crippen molar-refractivity contribution in [3.05, 3.63) is 29.8 Å². The van der Waals surface area contributed by atoms with E-state index >= 15 is 0 Å². The van der Waals surface area contributed by atoms with Gasteiger partial charge >= 0.3 is 11.9 Å². The van der Waals surface area contributed by atoms with Crippen LogP contribution in [0.2, 0.25) is 0 Å². The summed E-state index contributed by atoms with van der Waals surface area (Å²) < 4.78 is 43.6. The lowest BCUT2D eigenvalue weighted by Gasteiger charge is -2.69. The van der Waals surface area contributed by atoms with Crippen LogP contribution in [0.3, 0.4) is 0 Å². The molecule has 11 heteroatoms. The molecule has 1 aromatic carbocycles. The fourth-order valence-electron chi connectivity index (χ4n) is 12.4. The summed E-state index contributed by atoms with van der Waals surface area (Å²) in [4.78, 5) is 29.7. The number of hydrogen-bond acceptors (Lipinski definition) is 11. The molecule has 0 radical (unpaired) electrons. The minimum absolute atomic E-state index is 0.00534. The van der Waals surface area contributed by atoms with Crippen LogP contribution in [0.25, 0.3) is 0 Å². The first-order valence-electron chi connectivity index (χ1n) is 16.6. The number of carbonyl (C=O) groups is 2. The third-order valence-electron chi connectivity index (χ3n) is 13.3. The number of fused-ring (bicyclic) bond motifs is 2. The summed E-state index contributed by atoms with van der Waals surface area (Å²) in [5.41, 5.74) is -3.03. The van der Waals surface area contributed by atoms with E-state index in [1.807, 2.05) is 0 Å². The maximum absolute atomic E-state index is 13.9. The molecule has 1 spiro atoms. The van der Waals surface area contributed by atoms with Crippen LogP contribution in [0, 0.1) is 34.5 Å². The number of hydrogen-bond donors (Lipinski definition) is 1. The highest BCUT2D eigenvalue weighted by Crippen LogP contribution is 2.80. The zero-order valence-corrected chi connectivity index (χ0v) is 28.0. The lowest BCUT2D eigenvalue weighted by atomic mass is 9.43. The Kier molecular flexibility index (Phi) is 7.81. The van der Waals surface area contributed by atoms with Gasteiger partial charge in [-0.1, -0.05) is 6.92 Å². The predicted octanol–water partition coefficient (Wildman–Crippen LogP) is 2.72. The summed E-state index contributed by atoms with van der Waals surface area (Å²) in [6.45, 7) is 5.80. The quantitative estimate of drug-likeness (QED) is 0.379. The average molecular weight is 644 g/mol. The topological polar surface area (TPSA) is 122 Å². The van der Waals surface area contributed by atoms with Crippen LogP contribution < -0.4 is 4.74 Å². The molecule has 1 aromatic rings. The van der Waals surface area contributed by atoms with Gasteiger partial charge in [-0.3, -0.25) is 9.69 Å². The van der Waals surface area contributed by atoms with E-state index in [1.54, 1.807) is 59.8 Å². The van der Waals surface area contributed by atoms with E-state index in [0.717, 1.165) is 25.9 Å². The van der Waals surface area contributed by atoms with Gasteiger partial charge in [0.15, 0.2) is 0 Å². The second kappa shape index (κ2) is 11.1. The highest BCUT2D eigenvalue weighted by atomic mass is 16.6. The smallest absolute Gasteiger partial charge is 0.338 e. The first kappa shape index (κ1) is 32.3. The summed E-state index contributed by atoms with van der Waals surface area (Å²) in [7, 11) is 8.44. The fraction of sp³-hybridized carbons (Fsp3) is 0.771. The van der Waals surface area contributed by atoms with Crippen LogP contribution in [0.5, 0.6) is 5.75 Å². The van der Waals surface area contributed by atoms with Crippen LogP contribution in [0.15, 0.2) is 24.3 Å². The molecular weight excluding hydrogens is 594 g/mol. The van der Waals surface area contributed by atoms with Gasteiger partial charge in [-0.05, 0) is 56.0 Å². The zero-order valence-electron chi connectivity index (χ0n) is 28.0. The summed E-state index contributed by atoms with van der Waals surface area (Å²) in [5.74, 6) is -1.38. The van der Waals surface area contributed by atoms with Crippen molar-refractivity contribution in [3.63, 3.8) is 0 Å². The lowest BCUT2D eigenvalue weighted by molar-refractivity contribution is -0.287. The summed E-state index contributed by atoms with van der Waals surface area (Å²) in [6.07, 6.45) is 0.142. The molecule has 1 aliphatic heterocycles. The highest BCUT2D eigenvalue weighted by molar-refractivity contribution is 5.89. The lowest BCUT2D eigenvalue weighted by Crippen LogP contribution is -2.77. The van der Waals surface area contributed by atoms with Crippen LogP contribution in [-0.2, 0) is 33.2 Å². The minimum Gasteiger partial charge on any atom is -0.497 e. The van der Waals surface area contributed by atoms with Gasteiger partial charge in [-0.2, -0.15) is 0 Å². The number of methoxy groups -OCH3 is 5. The van der Waals surface area contributed by atoms with Gasteiger partial charge in [0.1, 0.15) is 23.1 Å². The Morgan fingerprint density at radius 3 is 2.28 bits per heavy atom. The van der Waals surface area contributed by atoms with Crippen molar-refractivity contribution in [1.82, 2.24) is 4.90 Å². The maximum atomic E-state index is 13.9. The zero-order chi connectivity index (χ0) is 32.8. The van der Waals surface area contributed by atoms with Crippen molar-refractivity contribution >= 4 is 11.9 Å². The van der Waals surface area contributed by atoms with Crippen molar-refractivity contribution in [1.29, 1.82) is 0 Å². The molecule has 6 aliphatic rings. The number of likely N-dealkylation sites (tertiary alicyclic amines) is 1. The van der Waals surface area contributed by atoms with Gasteiger partial charge in [0.25, 0.3) is 0 Å². The van der Waals surface area contributed by atoms with Crippen molar-refractivity contribution in [2.24, 2.45) is 34.5 Å². The number of rotatable bonds is 10. The summed E-state index contributed by atoms with van der Waals surface area (Å²) in [5, 5.41) is 12.8. The van der Waals surface area contributed by atoms with Gasteiger partial charge in [0, 0.05) is 83.0 Å². The molecule has 46 heavy (non-hydrogen) atoms. The largest absolute Gasteiger partial charge is 0.497 e. The average Bonchev–Trinajstić information content (AvgIpc) is 3.42. The Balaban J connectivity index is 1.46. The molecule has 254 valence electrons. The van der Waals surface area contributed by atoms with Crippen LogP contribution in [0.4, 0.5) is 0 Å². The molecule has 0 aromatic heterocycles. The van der Waals surface area contributed by atoms with Gasteiger partial charge in [-0.15, -0.1) is 0 Å². The predicted molar refractivity (Wildman–Crippen MR) is 164 cm³/mol. The van der Waals surface area contributed by atoms with Crippen molar-refractivity contribution in [3.8, 4) is 5.75 Å². The van der Waals surface area contributed by atoms with Gasteiger partial charge < -0.3 is 38.3 Å². The number of piperidine rings is 1. The van der Waals surface area contributed by atoms with Gasteiger partial charge in [0.05, 0.1) is 37.6 Å². The van der Waals surface area contributed by atoms with Crippen LogP contribution in [0.1, 0.15) is 49.9 Å². The van der Waals surface area contributed by atoms with Crippen molar-refractivity contribution in [2.75, 3.05) is 55.2 Å². The third-order valence-corrected chi connectivity index (χ3v) is 13.3. The molecule has 1 N–H and O–H groups in total. The Labute approximate surface area is 271 Å². The Morgan fingerprint density at radius 1 is 0.978 bits per heavy atom.